The number of fused-ring (bicyclic) bond motifs is 5. The summed E-state index contributed by atoms with van der Waals surface area (Å²) >= 11 is 0. The first-order valence-electron chi connectivity index (χ1n) is 19.2. The molecular formula is C41H65N2O3+. The number of carbonyl (C=O) groups excluding carboxylic acids is 2. The smallest absolute Gasteiger partial charge is 0.315 e. The molecule has 1 aromatic carbocycles. The van der Waals surface area contributed by atoms with Crippen molar-refractivity contribution in [3.05, 3.63) is 30.3 Å². The van der Waals surface area contributed by atoms with E-state index < -0.39 is 5.41 Å². The van der Waals surface area contributed by atoms with Crippen molar-refractivity contribution in [2.45, 2.75) is 137 Å². The van der Waals surface area contributed by atoms with Crippen LogP contribution in [-0.2, 0) is 14.3 Å². The highest BCUT2D eigenvalue weighted by molar-refractivity contribution is 5.76. The van der Waals surface area contributed by atoms with Crippen molar-refractivity contribution in [3.8, 4) is 0 Å². The molecule has 5 fully saturated rings. The highest BCUT2D eigenvalue weighted by atomic mass is 16.5. The standard InChI is InChI=1S/C41H64N2O3/c1-29(34-18-19-35-33-17-16-30-12-10-11-24-40(30,5)36(33)21-25-41(34,35)6)15-20-37(44)42-31-22-26-43(27-23-31,32-13-8-7-9-14-32)28-46-38(45)39(2,3)4/h7-9,13-14,29-31,33-36H,10-12,15-28H2,1-6H3/p+1/t29?,30?,31?,33-,34+,35-,36-,40-,41+,43?/m0/s1. The molecule has 4 aliphatic carbocycles. The number of para-hydroxylation sites is 1. The van der Waals surface area contributed by atoms with Crippen LogP contribution >= 0.6 is 0 Å². The lowest BCUT2D eigenvalue weighted by molar-refractivity contribution is -0.158. The maximum atomic E-state index is 13.3. The number of quaternary nitrogens is 1. The molecule has 5 heteroatoms. The number of amides is 1. The summed E-state index contributed by atoms with van der Waals surface area (Å²) in [6, 6.07) is 10.6. The van der Waals surface area contributed by atoms with E-state index in [1.165, 1.54) is 69.9 Å². The minimum atomic E-state index is -0.521. The number of ether oxygens (including phenoxy) is 1. The number of hydrogen-bond acceptors (Lipinski definition) is 3. The topological polar surface area (TPSA) is 55.4 Å². The van der Waals surface area contributed by atoms with E-state index >= 15 is 0 Å². The van der Waals surface area contributed by atoms with Crippen LogP contribution in [0, 0.1) is 51.8 Å². The highest BCUT2D eigenvalue weighted by Gasteiger charge is 2.60. The number of piperidine rings is 1. The lowest BCUT2D eigenvalue weighted by Gasteiger charge is -2.61. The lowest BCUT2D eigenvalue weighted by Crippen LogP contribution is -2.59. The van der Waals surface area contributed by atoms with Gasteiger partial charge < -0.3 is 10.1 Å². The van der Waals surface area contributed by atoms with Gasteiger partial charge in [-0.15, -0.1) is 0 Å². The lowest BCUT2D eigenvalue weighted by atomic mass is 9.44. The maximum absolute atomic E-state index is 13.3. The molecule has 0 radical (unpaired) electrons. The number of rotatable bonds is 8. The Bertz CT molecular complexity index is 1220. The van der Waals surface area contributed by atoms with E-state index in [-0.39, 0.29) is 17.9 Å². The summed E-state index contributed by atoms with van der Waals surface area (Å²) in [6.45, 7) is 15.6. The predicted molar refractivity (Wildman–Crippen MR) is 188 cm³/mol. The zero-order valence-corrected chi connectivity index (χ0v) is 30.1. The molecule has 6 rings (SSSR count). The van der Waals surface area contributed by atoms with Crippen molar-refractivity contribution >= 4 is 17.6 Å². The maximum Gasteiger partial charge on any atom is 0.315 e. The third-order valence-corrected chi connectivity index (χ3v) is 14.7. The molecule has 8 atom stereocenters. The van der Waals surface area contributed by atoms with Crippen LogP contribution in [0.5, 0.6) is 0 Å². The molecule has 1 saturated heterocycles. The zero-order chi connectivity index (χ0) is 32.7. The fraction of sp³-hybridized carbons (Fsp3) is 0.805. The van der Waals surface area contributed by atoms with E-state index in [9.17, 15) is 9.59 Å². The number of esters is 1. The number of nitrogens with one attached hydrogen (secondary N) is 1. The largest absolute Gasteiger partial charge is 0.414 e. The quantitative estimate of drug-likeness (QED) is 0.229. The Morgan fingerprint density at radius 3 is 2.33 bits per heavy atom. The summed E-state index contributed by atoms with van der Waals surface area (Å²) in [7, 11) is 0. The normalized spacial score (nSPS) is 39.8. The van der Waals surface area contributed by atoms with Gasteiger partial charge in [0.1, 0.15) is 5.69 Å². The average Bonchev–Trinajstić information content (AvgIpc) is 3.40. The van der Waals surface area contributed by atoms with Crippen molar-refractivity contribution in [2.24, 2.45) is 51.8 Å². The van der Waals surface area contributed by atoms with Crippen molar-refractivity contribution in [1.29, 1.82) is 0 Å². The molecule has 1 aromatic rings. The molecule has 1 heterocycles. The fourth-order valence-corrected chi connectivity index (χ4v) is 11.9. The Kier molecular flexibility index (Phi) is 9.76. The van der Waals surface area contributed by atoms with Gasteiger partial charge in [-0.05, 0) is 137 Å². The van der Waals surface area contributed by atoms with Gasteiger partial charge in [-0.3, -0.25) is 14.1 Å². The van der Waals surface area contributed by atoms with Crippen molar-refractivity contribution in [1.82, 2.24) is 9.80 Å². The van der Waals surface area contributed by atoms with Crippen LogP contribution in [0.2, 0.25) is 0 Å². The third-order valence-electron chi connectivity index (χ3n) is 14.7. The van der Waals surface area contributed by atoms with Gasteiger partial charge in [-0.25, -0.2) is 0 Å². The second kappa shape index (κ2) is 13.2. The molecule has 2 unspecified atom stereocenters. The van der Waals surface area contributed by atoms with Gasteiger partial charge in [0.25, 0.3) is 0 Å². The number of likely N-dealkylation sites (tertiary alicyclic amines) is 1. The van der Waals surface area contributed by atoms with Gasteiger partial charge in [0.2, 0.25) is 12.6 Å². The Morgan fingerprint density at radius 2 is 1.61 bits per heavy atom. The molecular weight excluding hydrogens is 568 g/mol. The van der Waals surface area contributed by atoms with Gasteiger partial charge >= 0.3 is 5.97 Å². The molecule has 4 saturated carbocycles. The molecule has 5 nitrogen and oxygen atoms in total. The van der Waals surface area contributed by atoms with E-state index in [1.807, 2.05) is 26.8 Å². The summed E-state index contributed by atoms with van der Waals surface area (Å²) in [5, 5.41) is 3.42. The van der Waals surface area contributed by atoms with E-state index in [2.05, 4.69) is 50.4 Å². The first kappa shape index (κ1) is 34.0. The minimum absolute atomic E-state index is 0.160. The average molecular weight is 634 g/mol. The first-order chi connectivity index (χ1) is 21.9. The van der Waals surface area contributed by atoms with E-state index in [0.717, 1.165) is 61.9 Å². The molecule has 256 valence electrons. The monoisotopic (exact) mass is 633 g/mol. The Morgan fingerprint density at radius 1 is 0.891 bits per heavy atom. The number of hydrogen-bond donors (Lipinski definition) is 1. The fourth-order valence-electron chi connectivity index (χ4n) is 11.9. The molecule has 0 aromatic heterocycles. The Labute approximate surface area is 280 Å². The van der Waals surface area contributed by atoms with Crippen molar-refractivity contribution in [3.63, 3.8) is 0 Å². The molecule has 1 N–H and O–H groups in total. The van der Waals surface area contributed by atoms with Crippen LogP contribution in [0.15, 0.2) is 30.3 Å². The molecule has 0 bridgehead atoms. The van der Waals surface area contributed by atoms with Crippen LogP contribution < -0.4 is 9.80 Å². The number of nitrogens with zero attached hydrogens (tertiary/aromatic N) is 1. The van der Waals surface area contributed by atoms with Crippen molar-refractivity contribution < 1.29 is 14.3 Å². The Hall–Kier alpha value is -1.88. The van der Waals surface area contributed by atoms with Crippen LogP contribution in [-0.4, -0.2) is 37.7 Å². The summed E-state index contributed by atoms with van der Waals surface area (Å²) in [5.41, 5.74) is 1.74. The predicted octanol–water partition coefficient (Wildman–Crippen LogP) is 9.28. The molecule has 46 heavy (non-hydrogen) atoms. The molecule has 1 amide bonds. The first-order valence-corrected chi connectivity index (χ1v) is 19.2. The molecule has 0 spiro atoms. The number of benzene rings is 1. The second-order valence-electron chi connectivity index (χ2n) is 18.2. The van der Waals surface area contributed by atoms with Gasteiger partial charge in [0, 0.05) is 25.3 Å². The van der Waals surface area contributed by atoms with E-state index in [4.69, 9.17) is 4.74 Å². The second-order valence-corrected chi connectivity index (χ2v) is 18.2. The SMILES string of the molecule is CC(CCC(=O)NC1CC[N+](COC(=O)C(C)(C)C)(c2ccccc2)CC1)[C@H]1CC[C@H]2[C@@H]3CCC4CCCC[C@]4(C)[C@H]3CC[C@]12C. The third kappa shape index (κ3) is 6.45. The minimum Gasteiger partial charge on any atom is -0.414 e. The van der Waals surface area contributed by atoms with Crippen LogP contribution in [0.3, 0.4) is 0 Å². The zero-order valence-electron chi connectivity index (χ0n) is 30.1. The van der Waals surface area contributed by atoms with E-state index in [0.29, 0.717) is 34.4 Å². The van der Waals surface area contributed by atoms with Gasteiger partial charge in [-0.2, -0.15) is 0 Å². The van der Waals surface area contributed by atoms with Gasteiger partial charge in [0.15, 0.2) is 0 Å². The molecule has 1 aliphatic heterocycles. The van der Waals surface area contributed by atoms with E-state index in [1.54, 1.807) is 0 Å². The molecule has 5 aliphatic rings. The highest BCUT2D eigenvalue weighted by Crippen LogP contribution is 2.68. The van der Waals surface area contributed by atoms with Crippen LogP contribution in [0.25, 0.3) is 0 Å². The van der Waals surface area contributed by atoms with Gasteiger partial charge in [0.05, 0.1) is 18.5 Å². The van der Waals surface area contributed by atoms with Crippen LogP contribution in [0.4, 0.5) is 5.69 Å². The van der Waals surface area contributed by atoms with Gasteiger partial charge in [-0.1, -0.05) is 51.8 Å². The summed E-state index contributed by atoms with van der Waals surface area (Å²) < 4.78 is 6.52. The Balaban J connectivity index is 1.00. The summed E-state index contributed by atoms with van der Waals surface area (Å²) in [5.74, 6) is 5.23. The summed E-state index contributed by atoms with van der Waals surface area (Å²) in [4.78, 5) is 26.0. The number of carbonyl (C=O) groups is 2. The summed E-state index contributed by atoms with van der Waals surface area (Å²) in [6.07, 6.45) is 18.0. The van der Waals surface area contributed by atoms with Crippen molar-refractivity contribution in [2.75, 3.05) is 19.8 Å². The van der Waals surface area contributed by atoms with Crippen LogP contribution in [0.1, 0.15) is 131 Å².